The van der Waals surface area contributed by atoms with Crippen molar-refractivity contribution in [2.45, 2.75) is 13.0 Å². The number of hydrogen-bond acceptors (Lipinski definition) is 4. The van der Waals surface area contributed by atoms with Crippen LogP contribution in [-0.4, -0.2) is 27.2 Å². The molecule has 1 amide bonds. The van der Waals surface area contributed by atoms with E-state index in [2.05, 4.69) is 15.5 Å². The van der Waals surface area contributed by atoms with Crippen LogP contribution in [0.1, 0.15) is 33.8 Å². The minimum Gasteiger partial charge on any atom is -0.478 e. The summed E-state index contributed by atoms with van der Waals surface area (Å²) in [5.41, 5.74) is 1.46. The van der Waals surface area contributed by atoms with E-state index in [9.17, 15) is 9.59 Å². The van der Waals surface area contributed by atoms with Crippen LogP contribution < -0.4 is 5.32 Å². The molecule has 0 aromatic carbocycles. The van der Waals surface area contributed by atoms with Crippen LogP contribution in [0.4, 0.5) is 0 Å². The molecule has 0 radical (unpaired) electrons. The Morgan fingerprint density at radius 1 is 1.55 bits per heavy atom. The van der Waals surface area contributed by atoms with Crippen LogP contribution in [0.2, 0.25) is 0 Å². The third-order valence-electron chi connectivity index (χ3n) is 2.67. The number of carboxylic acid groups (broad SMARTS) is 1. The predicted molar refractivity (Wildman–Crippen MR) is 75.5 cm³/mol. The van der Waals surface area contributed by atoms with Crippen molar-refractivity contribution in [2.75, 3.05) is 0 Å². The molecule has 0 saturated carbocycles. The average Bonchev–Trinajstić information content (AvgIpc) is 3.07. The van der Waals surface area contributed by atoms with Gasteiger partial charge >= 0.3 is 5.97 Å². The number of aromatic amines is 1. The number of carbonyl (C=O) groups is 2. The highest BCUT2D eigenvalue weighted by atomic mass is 32.1. The molecule has 0 aliphatic rings. The number of carbonyl (C=O) groups excluding carboxylic acids is 1. The Hall–Kier alpha value is -2.41. The number of aromatic nitrogens is 2. The number of H-pyrrole nitrogens is 1. The lowest BCUT2D eigenvalue weighted by molar-refractivity contribution is -0.131. The minimum absolute atomic E-state index is 0.181. The Morgan fingerprint density at radius 2 is 2.35 bits per heavy atom. The molecule has 20 heavy (non-hydrogen) atoms. The fraction of sp³-hybridized carbons (Fsp3) is 0.154. The average molecular weight is 291 g/mol. The maximum absolute atomic E-state index is 12.2. The van der Waals surface area contributed by atoms with E-state index >= 15 is 0 Å². The molecular formula is C13H13N3O3S. The molecule has 0 aliphatic heterocycles. The van der Waals surface area contributed by atoms with Gasteiger partial charge in [-0.2, -0.15) is 5.10 Å². The molecule has 0 fully saturated rings. The summed E-state index contributed by atoms with van der Waals surface area (Å²) in [6.07, 6.45) is 5.78. The van der Waals surface area contributed by atoms with E-state index in [0.29, 0.717) is 10.4 Å². The molecule has 0 aliphatic carbocycles. The fourth-order valence-electron chi connectivity index (χ4n) is 1.64. The van der Waals surface area contributed by atoms with E-state index in [1.807, 2.05) is 6.92 Å². The van der Waals surface area contributed by atoms with E-state index in [0.717, 1.165) is 11.6 Å². The number of carboxylic acids is 1. The van der Waals surface area contributed by atoms with Crippen molar-refractivity contribution in [1.29, 1.82) is 0 Å². The van der Waals surface area contributed by atoms with Gasteiger partial charge in [0, 0.05) is 17.8 Å². The smallest absolute Gasteiger partial charge is 0.328 e. The molecule has 2 aromatic rings. The first-order valence-electron chi connectivity index (χ1n) is 5.86. The van der Waals surface area contributed by atoms with Crippen molar-refractivity contribution in [2.24, 2.45) is 0 Å². The van der Waals surface area contributed by atoms with Crippen molar-refractivity contribution in [3.8, 4) is 0 Å². The summed E-state index contributed by atoms with van der Waals surface area (Å²) < 4.78 is 0. The summed E-state index contributed by atoms with van der Waals surface area (Å²) in [6.45, 7) is 1.85. The van der Waals surface area contributed by atoms with Gasteiger partial charge in [-0.15, -0.1) is 11.3 Å². The second-order valence-electron chi connectivity index (χ2n) is 4.10. The van der Waals surface area contributed by atoms with Crippen molar-refractivity contribution < 1.29 is 14.7 Å². The number of nitrogens with one attached hydrogen (secondary N) is 2. The normalized spacial score (nSPS) is 12.4. The second-order valence-corrected chi connectivity index (χ2v) is 5.02. The molecule has 2 aromatic heterocycles. The van der Waals surface area contributed by atoms with Gasteiger partial charge in [0.15, 0.2) is 0 Å². The second kappa shape index (κ2) is 6.16. The van der Waals surface area contributed by atoms with Gasteiger partial charge in [0.25, 0.3) is 5.91 Å². The van der Waals surface area contributed by atoms with E-state index in [1.54, 1.807) is 23.8 Å². The molecule has 0 bridgehead atoms. The highest BCUT2D eigenvalue weighted by Crippen LogP contribution is 2.20. The van der Waals surface area contributed by atoms with Crippen molar-refractivity contribution in [1.82, 2.24) is 15.5 Å². The molecule has 104 valence electrons. The molecule has 2 rings (SSSR count). The zero-order chi connectivity index (χ0) is 14.5. The summed E-state index contributed by atoms with van der Waals surface area (Å²) in [5.74, 6) is -1.28. The SMILES string of the molecule is CC(NC(=O)c1sccc1/C=C/C(=O)O)c1cn[nH]c1. The summed E-state index contributed by atoms with van der Waals surface area (Å²) in [5, 5.41) is 19.7. The fourth-order valence-corrected chi connectivity index (χ4v) is 2.43. The van der Waals surface area contributed by atoms with Crippen molar-refractivity contribution >= 4 is 29.3 Å². The largest absolute Gasteiger partial charge is 0.478 e. The molecule has 7 heteroatoms. The Bertz CT molecular complexity index is 631. The zero-order valence-corrected chi connectivity index (χ0v) is 11.5. The van der Waals surface area contributed by atoms with Gasteiger partial charge in [0.2, 0.25) is 0 Å². The first kappa shape index (κ1) is 14.0. The van der Waals surface area contributed by atoms with Crippen LogP contribution in [0, 0.1) is 0 Å². The van der Waals surface area contributed by atoms with Crippen LogP contribution in [-0.2, 0) is 4.79 Å². The van der Waals surface area contributed by atoms with Gasteiger partial charge in [-0.05, 0) is 30.0 Å². The standard InChI is InChI=1S/C13H13N3O3S/c1-8(10-6-14-15-7-10)16-13(19)12-9(4-5-20-12)2-3-11(17)18/h2-8H,1H3,(H,14,15)(H,16,19)(H,17,18)/b3-2+. The minimum atomic E-state index is -1.05. The topological polar surface area (TPSA) is 95.1 Å². The molecular weight excluding hydrogens is 278 g/mol. The van der Waals surface area contributed by atoms with Crippen LogP contribution in [0.25, 0.3) is 6.08 Å². The first-order valence-corrected chi connectivity index (χ1v) is 6.74. The van der Waals surface area contributed by atoms with Gasteiger partial charge in [0.1, 0.15) is 0 Å². The molecule has 3 N–H and O–H groups in total. The van der Waals surface area contributed by atoms with Crippen LogP contribution in [0.3, 0.4) is 0 Å². The van der Waals surface area contributed by atoms with Gasteiger partial charge < -0.3 is 10.4 Å². The van der Waals surface area contributed by atoms with E-state index in [-0.39, 0.29) is 11.9 Å². The molecule has 1 unspecified atom stereocenters. The maximum Gasteiger partial charge on any atom is 0.328 e. The zero-order valence-electron chi connectivity index (χ0n) is 10.7. The van der Waals surface area contributed by atoms with Gasteiger partial charge in [-0.3, -0.25) is 9.89 Å². The van der Waals surface area contributed by atoms with E-state index in [4.69, 9.17) is 5.11 Å². The maximum atomic E-state index is 12.2. The Morgan fingerprint density at radius 3 is 3.00 bits per heavy atom. The number of aliphatic carboxylic acids is 1. The molecule has 0 spiro atoms. The highest BCUT2D eigenvalue weighted by Gasteiger charge is 2.15. The number of thiophene rings is 1. The summed E-state index contributed by atoms with van der Waals surface area (Å²) in [4.78, 5) is 23.2. The molecule has 1 atom stereocenters. The van der Waals surface area contributed by atoms with Crippen molar-refractivity contribution in [3.05, 3.63) is 45.9 Å². The van der Waals surface area contributed by atoms with E-state index < -0.39 is 5.97 Å². The van der Waals surface area contributed by atoms with Gasteiger partial charge in [-0.1, -0.05) is 0 Å². The summed E-state index contributed by atoms with van der Waals surface area (Å²) >= 11 is 1.27. The third-order valence-corrected chi connectivity index (χ3v) is 3.60. The highest BCUT2D eigenvalue weighted by molar-refractivity contribution is 7.12. The van der Waals surface area contributed by atoms with Gasteiger partial charge in [-0.25, -0.2) is 4.79 Å². The van der Waals surface area contributed by atoms with Crippen LogP contribution in [0.5, 0.6) is 0 Å². The number of rotatable bonds is 5. The van der Waals surface area contributed by atoms with Crippen molar-refractivity contribution in [3.63, 3.8) is 0 Å². The number of nitrogens with zero attached hydrogens (tertiary/aromatic N) is 1. The lowest BCUT2D eigenvalue weighted by atomic mass is 10.1. The molecule has 0 saturated heterocycles. The Labute approximate surface area is 119 Å². The molecule has 6 nitrogen and oxygen atoms in total. The quantitative estimate of drug-likeness (QED) is 0.735. The first-order chi connectivity index (χ1) is 9.58. The predicted octanol–water partition coefficient (Wildman–Crippen LogP) is 2.06. The third kappa shape index (κ3) is 3.33. The molecule has 2 heterocycles. The lowest BCUT2D eigenvalue weighted by Gasteiger charge is -2.11. The Balaban J connectivity index is 2.10. The van der Waals surface area contributed by atoms with Gasteiger partial charge in [0.05, 0.1) is 17.1 Å². The number of amides is 1. The summed E-state index contributed by atoms with van der Waals surface area (Å²) in [7, 11) is 0. The number of hydrogen-bond donors (Lipinski definition) is 3. The lowest BCUT2D eigenvalue weighted by Crippen LogP contribution is -2.26. The Kier molecular flexibility index (Phi) is 4.31. The van der Waals surface area contributed by atoms with Crippen LogP contribution in [0.15, 0.2) is 29.9 Å². The van der Waals surface area contributed by atoms with E-state index in [1.165, 1.54) is 17.4 Å². The summed E-state index contributed by atoms with van der Waals surface area (Å²) in [6, 6.07) is 1.53. The monoisotopic (exact) mass is 291 g/mol. The van der Waals surface area contributed by atoms with Crippen LogP contribution >= 0.6 is 11.3 Å².